The van der Waals surface area contributed by atoms with Crippen LogP contribution in [0.2, 0.25) is 0 Å². The van der Waals surface area contributed by atoms with Crippen LogP contribution in [-0.4, -0.2) is 51.5 Å². The van der Waals surface area contributed by atoms with E-state index in [4.69, 9.17) is 18.9 Å². The standard InChI is InChI=1S/C22H37N3O3.HI/c1-22(2,3)20-18(6-4-12-28-20)15-25-21(24-14-17-9-13-26-16-17)23-10-8-19-7-5-11-27-19;/h5,7,11,17-18,20H,4,6,8-10,12-16H2,1-3H3,(H2,23,24,25);1H. The molecule has 0 bridgehead atoms. The minimum Gasteiger partial charge on any atom is -0.469 e. The largest absolute Gasteiger partial charge is 0.469 e. The molecule has 2 aliphatic heterocycles. The fraction of sp³-hybridized carbons (Fsp3) is 0.773. The van der Waals surface area contributed by atoms with Gasteiger partial charge in [-0.2, -0.15) is 0 Å². The van der Waals surface area contributed by atoms with Crippen molar-refractivity contribution < 1.29 is 13.9 Å². The summed E-state index contributed by atoms with van der Waals surface area (Å²) < 4.78 is 17.0. The topological polar surface area (TPSA) is 68.0 Å². The summed E-state index contributed by atoms with van der Waals surface area (Å²) >= 11 is 0. The van der Waals surface area contributed by atoms with E-state index < -0.39 is 0 Å². The third-order valence-electron chi connectivity index (χ3n) is 5.61. The number of hydrogen-bond donors (Lipinski definition) is 2. The Morgan fingerprint density at radius 1 is 1.21 bits per heavy atom. The quantitative estimate of drug-likeness (QED) is 0.326. The van der Waals surface area contributed by atoms with E-state index in [1.807, 2.05) is 12.1 Å². The first-order valence-corrected chi connectivity index (χ1v) is 10.8. The highest BCUT2D eigenvalue weighted by Gasteiger charge is 2.35. The van der Waals surface area contributed by atoms with Crippen LogP contribution in [0, 0.1) is 17.3 Å². The maximum Gasteiger partial charge on any atom is 0.191 e. The first-order chi connectivity index (χ1) is 13.5. The van der Waals surface area contributed by atoms with Crippen LogP contribution >= 0.6 is 24.0 Å². The maximum atomic E-state index is 6.13. The molecule has 3 rings (SSSR count). The molecule has 0 aliphatic carbocycles. The lowest BCUT2D eigenvalue weighted by molar-refractivity contribution is -0.0835. The fourth-order valence-electron chi connectivity index (χ4n) is 4.12. The smallest absolute Gasteiger partial charge is 0.191 e. The zero-order valence-electron chi connectivity index (χ0n) is 18.1. The minimum atomic E-state index is 0. The molecule has 7 heteroatoms. The van der Waals surface area contributed by atoms with E-state index in [9.17, 15) is 0 Å². The molecule has 29 heavy (non-hydrogen) atoms. The van der Waals surface area contributed by atoms with E-state index >= 15 is 0 Å². The first kappa shape index (κ1) is 24.5. The lowest BCUT2D eigenvalue weighted by Crippen LogP contribution is -2.48. The van der Waals surface area contributed by atoms with Gasteiger partial charge in [0.15, 0.2) is 5.96 Å². The van der Waals surface area contributed by atoms with Crippen molar-refractivity contribution >= 4 is 29.9 Å². The van der Waals surface area contributed by atoms with Gasteiger partial charge < -0.3 is 24.5 Å². The second-order valence-corrected chi connectivity index (χ2v) is 9.12. The number of hydrogen-bond acceptors (Lipinski definition) is 4. The second-order valence-electron chi connectivity index (χ2n) is 9.12. The van der Waals surface area contributed by atoms with Crippen LogP contribution in [0.25, 0.3) is 0 Å². The molecule has 0 amide bonds. The van der Waals surface area contributed by atoms with Gasteiger partial charge in [0, 0.05) is 51.1 Å². The van der Waals surface area contributed by atoms with Crippen LogP contribution in [0.3, 0.4) is 0 Å². The Kier molecular flexibility index (Phi) is 10.3. The molecule has 2 N–H and O–H groups in total. The van der Waals surface area contributed by atoms with Crippen LogP contribution in [0.4, 0.5) is 0 Å². The van der Waals surface area contributed by atoms with E-state index in [1.165, 1.54) is 6.42 Å². The van der Waals surface area contributed by atoms with Gasteiger partial charge in [0.1, 0.15) is 5.76 Å². The summed E-state index contributed by atoms with van der Waals surface area (Å²) in [6, 6.07) is 3.94. The number of furan rings is 1. The molecule has 0 saturated carbocycles. The SMILES string of the molecule is CC(C)(C)C1OCCCC1CNC(=NCC1CCOC1)NCCc1ccco1.I. The molecule has 3 unspecified atom stereocenters. The van der Waals surface area contributed by atoms with Crippen molar-refractivity contribution in [2.24, 2.45) is 22.2 Å². The molecule has 3 atom stereocenters. The number of nitrogens with one attached hydrogen (secondary N) is 2. The molecule has 0 aromatic carbocycles. The highest BCUT2D eigenvalue weighted by atomic mass is 127. The summed E-state index contributed by atoms with van der Waals surface area (Å²) in [5, 5.41) is 7.06. The van der Waals surface area contributed by atoms with Gasteiger partial charge in [0.05, 0.1) is 19.0 Å². The van der Waals surface area contributed by atoms with Gasteiger partial charge in [-0.1, -0.05) is 20.8 Å². The van der Waals surface area contributed by atoms with Crippen LogP contribution in [-0.2, 0) is 15.9 Å². The molecule has 2 aliphatic rings. The molecule has 1 aromatic rings. The number of ether oxygens (including phenoxy) is 2. The van der Waals surface area contributed by atoms with Crippen molar-refractivity contribution in [1.82, 2.24) is 10.6 Å². The highest BCUT2D eigenvalue weighted by Crippen LogP contribution is 2.33. The molecular weight excluding hydrogens is 481 g/mol. The first-order valence-electron chi connectivity index (χ1n) is 10.8. The van der Waals surface area contributed by atoms with Crippen molar-refractivity contribution in [3.8, 4) is 0 Å². The molecule has 6 nitrogen and oxygen atoms in total. The summed E-state index contributed by atoms with van der Waals surface area (Å²) in [6.07, 6.45) is 6.28. The van der Waals surface area contributed by atoms with Crippen LogP contribution in [0.1, 0.15) is 45.8 Å². The lowest BCUT2D eigenvalue weighted by atomic mass is 9.78. The van der Waals surface area contributed by atoms with Gasteiger partial charge in [-0.05, 0) is 36.8 Å². The van der Waals surface area contributed by atoms with Gasteiger partial charge in [-0.25, -0.2) is 0 Å². The molecule has 0 spiro atoms. The van der Waals surface area contributed by atoms with Crippen molar-refractivity contribution in [3.63, 3.8) is 0 Å². The average Bonchev–Trinajstić information content (AvgIpc) is 3.37. The third-order valence-corrected chi connectivity index (χ3v) is 5.61. The number of rotatable bonds is 7. The monoisotopic (exact) mass is 519 g/mol. The molecule has 2 saturated heterocycles. The molecule has 2 fully saturated rings. The van der Waals surface area contributed by atoms with Crippen molar-refractivity contribution in [2.45, 2.75) is 52.6 Å². The van der Waals surface area contributed by atoms with Crippen LogP contribution in [0.5, 0.6) is 0 Å². The van der Waals surface area contributed by atoms with Crippen molar-refractivity contribution in [3.05, 3.63) is 24.2 Å². The second kappa shape index (κ2) is 12.2. The minimum absolute atomic E-state index is 0. The van der Waals surface area contributed by atoms with Crippen LogP contribution < -0.4 is 10.6 Å². The normalized spacial score (nSPS) is 25.5. The van der Waals surface area contributed by atoms with E-state index in [2.05, 4.69) is 31.4 Å². The van der Waals surface area contributed by atoms with E-state index in [0.717, 1.165) is 70.4 Å². The van der Waals surface area contributed by atoms with Gasteiger partial charge in [0.25, 0.3) is 0 Å². The van der Waals surface area contributed by atoms with Gasteiger partial charge in [-0.15, -0.1) is 24.0 Å². The zero-order chi connectivity index (χ0) is 19.8. The molecule has 3 heterocycles. The summed E-state index contributed by atoms with van der Waals surface area (Å²) in [7, 11) is 0. The lowest BCUT2D eigenvalue weighted by Gasteiger charge is -2.40. The number of aliphatic imine (C=N–C) groups is 1. The van der Waals surface area contributed by atoms with E-state index in [-0.39, 0.29) is 35.5 Å². The Bertz CT molecular complexity index is 595. The Morgan fingerprint density at radius 3 is 2.76 bits per heavy atom. The van der Waals surface area contributed by atoms with Gasteiger partial charge in [-0.3, -0.25) is 4.99 Å². The Morgan fingerprint density at radius 2 is 2.07 bits per heavy atom. The molecule has 0 radical (unpaired) electrons. The predicted molar refractivity (Wildman–Crippen MR) is 127 cm³/mol. The summed E-state index contributed by atoms with van der Waals surface area (Å²) in [4.78, 5) is 4.84. The van der Waals surface area contributed by atoms with Gasteiger partial charge >= 0.3 is 0 Å². The van der Waals surface area contributed by atoms with Crippen molar-refractivity contribution in [1.29, 1.82) is 0 Å². The highest BCUT2D eigenvalue weighted by molar-refractivity contribution is 14.0. The number of halogens is 1. The third kappa shape index (κ3) is 8.09. The summed E-state index contributed by atoms with van der Waals surface area (Å²) in [5.41, 5.74) is 0.151. The summed E-state index contributed by atoms with van der Waals surface area (Å²) in [6.45, 7) is 11.9. The van der Waals surface area contributed by atoms with Gasteiger partial charge in [0.2, 0.25) is 0 Å². The zero-order valence-corrected chi connectivity index (χ0v) is 20.4. The number of guanidine groups is 1. The van der Waals surface area contributed by atoms with E-state index in [0.29, 0.717) is 11.8 Å². The molecule has 1 aromatic heterocycles. The Hall–Kier alpha value is -0.800. The fourth-order valence-corrected chi connectivity index (χ4v) is 4.12. The van der Waals surface area contributed by atoms with E-state index in [1.54, 1.807) is 6.26 Å². The molecule has 166 valence electrons. The number of nitrogens with zero attached hydrogens (tertiary/aromatic N) is 1. The average molecular weight is 519 g/mol. The summed E-state index contributed by atoms with van der Waals surface area (Å²) in [5.74, 6) is 2.91. The Labute approximate surface area is 192 Å². The Balaban J connectivity index is 0.00000300. The predicted octanol–water partition coefficient (Wildman–Crippen LogP) is 3.85. The van der Waals surface area contributed by atoms with Crippen LogP contribution in [0.15, 0.2) is 27.8 Å². The maximum absolute atomic E-state index is 6.13. The van der Waals surface area contributed by atoms with Crippen molar-refractivity contribution in [2.75, 3.05) is 39.5 Å². The molecular formula is C22H38IN3O3.